The van der Waals surface area contributed by atoms with Gasteiger partial charge in [-0.3, -0.25) is 0 Å². The van der Waals surface area contributed by atoms with Crippen LogP contribution in [0.3, 0.4) is 0 Å². The van der Waals surface area contributed by atoms with Crippen molar-refractivity contribution in [2.24, 2.45) is 5.73 Å². The van der Waals surface area contributed by atoms with Crippen LogP contribution < -0.4 is 5.73 Å². The van der Waals surface area contributed by atoms with E-state index >= 15 is 0 Å². The summed E-state index contributed by atoms with van der Waals surface area (Å²) < 4.78 is 22.7. The zero-order valence-electron chi connectivity index (χ0n) is 7.37. The van der Waals surface area contributed by atoms with Crippen LogP contribution in [0.2, 0.25) is 0 Å². The van der Waals surface area contributed by atoms with Gasteiger partial charge in [-0.25, -0.2) is 8.42 Å². The third-order valence-electron chi connectivity index (χ3n) is 1.79. The van der Waals surface area contributed by atoms with Crippen molar-refractivity contribution in [1.82, 2.24) is 0 Å². The molecule has 0 fully saturated rings. The highest BCUT2D eigenvalue weighted by Crippen LogP contribution is 2.10. The lowest BCUT2D eigenvalue weighted by Crippen LogP contribution is -2.27. The minimum absolute atomic E-state index is 0.288. The number of sulfone groups is 1. The summed E-state index contributed by atoms with van der Waals surface area (Å²) in [5.41, 5.74) is 5.26. The van der Waals surface area contributed by atoms with E-state index in [1.165, 1.54) is 0 Å². The molecule has 0 amide bonds. The normalized spacial score (nSPS) is 15.4. The van der Waals surface area contributed by atoms with Gasteiger partial charge >= 0.3 is 0 Å². The molecular weight excluding hydrogens is 162 g/mol. The van der Waals surface area contributed by atoms with Crippen LogP contribution in [0.15, 0.2) is 0 Å². The van der Waals surface area contributed by atoms with Gasteiger partial charge in [-0.2, -0.15) is 0 Å². The molecule has 2 N–H and O–H groups in total. The van der Waals surface area contributed by atoms with E-state index in [1.807, 2.05) is 0 Å². The topological polar surface area (TPSA) is 60.2 Å². The Bertz CT molecular complexity index is 196. The third-order valence-corrected chi connectivity index (χ3v) is 4.46. The Morgan fingerprint density at radius 1 is 1.27 bits per heavy atom. The molecule has 3 nitrogen and oxygen atoms in total. The maximum absolute atomic E-state index is 11.4. The molecule has 0 spiro atoms. The Labute approximate surface area is 68.9 Å². The Morgan fingerprint density at radius 2 is 1.73 bits per heavy atom. The van der Waals surface area contributed by atoms with Crippen LogP contribution in [0.5, 0.6) is 0 Å². The molecule has 1 unspecified atom stereocenters. The standard InChI is InChI=1S/C7H17NO2S/c1-6(2)11(9,10)7(3)4-5-8/h6-7H,4-5,8H2,1-3H3. The Kier molecular flexibility index (Phi) is 4.03. The zero-order valence-corrected chi connectivity index (χ0v) is 8.19. The Morgan fingerprint density at radius 3 is 2.00 bits per heavy atom. The van der Waals surface area contributed by atoms with E-state index in [0.29, 0.717) is 13.0 Å². The van der Waals surface area contributed by atoms with Gasteiger partial charge in [0.05, 0.1) is 10.5 Å². The molecule has 11 heavy (non-hydrogen) atoms. The van der Waals surface area contributed by atoms with Crippen LogP contribution in [-0.4, -0.2) is 25.5 Å². The molecule has 0 rings (SSSR count). The summed E-state index contributed by atoms with van der Waals surface area (Å²) in [4.78, 5) is 0. The highest BCUT2D eigenvalue weighted by atomic mass is 32.2. The lowest BCUT2D eigenvalue weighted by Gasteiger charge is -2.14. The second-order valence-corrected chi connectivity index (χ2v) is 5.95. The molecule has 1 atom stereocenters. The highest BCUT2D eigenvalue weighted by molar-refractivity contribution is 7.92. The van der Waals surface area contributed by atoms with Crippen molar-refractivity contribution in [2.45, 2.75) is 37.7 Å². The van der Waals surface area contributed by atoms with Gasteiger partial charge in [0.1, 0.15) is 0 Å². The minimum atomic E-state index is -2.92. The molecule has 4 heteroatoms. The quantitative estimate of drug-likeness (QED) is 0.685. The molecule has 0 aliphatic rings. The summed E-state index contributed by atoms with van der Waals surface area (Å²) in [5.74, 6) is 0. The lowest BCUT2D eigenvalue weighted by atomic mass is 10.3. The van der Waals surface area contributed by atoms with Gasteiger partial charge in [0.15, 0.2) is 9.84 Å². The van der Waals surface area contributed by atoms with Gasteiger partial charge in [0, 0.05) is 0 Å². The summed E-state index contributed by atoms with van der Waals surface area (Å²) in [7, 11) is -2.92. The second kappa shape index (κ2) is 4.07. The largest absolute Gasteiger partial charge is 0.330 e. The maximum atomic E-state index is 11.4. The van der Waals surface area contributed by atoms with Crippen LogP contribution in [0.1, 0.15) is 27.2 Å². The predicted octanol–water partition coefficient (Wildman–Crippen LogP) is 0.547. The molecule has 0 heterocycles. The third kappa shape index (κ3) is 2.79. The van der Waals surface area contributed by atoms with E-state index in [4.69, 9.17) is 5.73 Å². The molecule has 0 aliphatic carbocycles. The predicted molar refractivity (Wildman–Crippen MR) is 47.2 cm³/mol. The van der Waals surface area contributed by atoms with Crippen molar-refractivity contribution in [3.05, 3.63) is 0 Å². The van der Waals surface area contributed by atoms with Gasteiger partial charge in [-0.15, -0.1) is 0 Å². The second-order valence-electron chi connectivity index (χ2n) is 3.03. The van der Waals surface area contributed by atoms with Crippen LogP contribution in [0, 0.1) is 0 Å². The van der Waals surface area contributed by atoms with Gasteiger partial charge in [-0.05, 0) is 33.7 Å². The number of rotatable bonds is 4. The van der Waals surface area contributed by atoms with E-state index in [-0.39, 0.29) is 10.5 Å². The molecule has 0 bridgehead atoms. The summed E-state index contributed by atoms with van der Waals surface area (Å²) in [6.07, 6.45) is 0.556. The summed E-state index contributed by atoms with van der Waals surface area (Å²) in [6.45, 7) is 5.54. The van der Waals surface area contributed by atoms with Crippen LogP contribution in [-0.2, 0) is 9.84 Å². The average Bonchev–Trinajstić information content (AvgIpc) is 1.88. The average molecular weight is 179 g/mol. The monoisotopic (exact) mass is 179 g/mol. The van der Waals surface area contributed by atoms with Gasteiger partial charge < -0.3 is 5.73 Å². The fourth-order valence-corrected chi connectivity index (χ4v) is 2.26. The molecule has 0 saturated carbocycles. The van der Waals surface area contributed by atoms with Crippen molar-refractivity contribution < 1.29 is 8.42 Å². The minimum Gasteiger partial charge on any atom is -0.330 e. The van der Waals surface area contributed by atoms with E-state index in [0.717, 1.165) is 0 Å². The van der Waals surface area contributed by atoms with Crippen molar-refractivity contribution in [2.75, 3.05) is 6.54 Å². The molecule has 68 valence electrons. The Balaban J connectivity index is 4.32. The molecule has 0 radical (unpaired) electrons. The number of hydrogen-bond acceptors (Lipinski definition) is 3. The van der Waals surface area contributed by atoms with Crippen molar-refractivity contribution in [1.29, 1.82) is 0 Å². The first-order valence-corrected chi connectivity index (χ1v) is 5.46. The van der Waals surface area contributed by atoms with Gasteiger partial charge in [0.2, 0.25) is 0 Å². The van der Waals surface area contributed by atoms with Crippen LogP contribution >= 0.6 is 0 Å². The molecular formula is C7H17NO2S. The van der Waals surface area contributed by atoms with E-state index < -0.39 is 9.84 Å². The van der Waals surface area contributed by atoms with Crippen molar-refractivity contribution in [3.63, 3.8) is 0 Å². The van der Waals surface area contributed by atoms with Crippen molar-refractivity contribution in [3.8, 4) is 0 Å². The number of nitrogens with two attached hydrogens (primary N) is 1. The Hall–Kier alpha value is -0.0900. The maximum Gasteiger partial charge on any atom is 0.155 e. The summed E-state index contributed by atoms with van der Waals surface area (Å²) >= 11 is 0. The lowest BCUT2D eigenvalue weighted by molar-refractivity contribution is 0.569. The molecule has 0 saturated heterocycles. The SMILES string of the molecule is CC(C)S(=O)(=O)C(C)CCN. The van der Waals surface area contributed by atoms with E-state index in [9.17, 15) is 8.42 Å². The van der Waals surface area contributed by atoms with Crippen molar-refractivity contribution >= 4 is 9.84 Å². The molecule has 0 aromatic rings. The fraction of sp³-hybridized carbons (Fsp3) is 1.00. The summed E-state index contributed by atoms with van der Waals surface area (Å²) in [5, 5.41) is -0.587. The van der Waals surface area contributed by atoms with E-state index in [1.54, 1.807) is 20.8 Å². The molecule has 0 aromatic carbocycles. The first-order valence-electron chi connectivity index (χ1n) is 3.85. The van der Waals surface area contributed by atoms with E-state index in [2.05, 4.69) is 0 Å². The van der Waals surface area contributed by atoms with Crippen LogP contribution in [0.4, 0.5) is 0 Å². The fourth-order valence-electron chi connectivity index (χ4n) is 0.864. The van der Waals surface area contributed by atoms with Crippen LogP contribution in [0.25, 0.3) is 0 Å². The molecule has 0 aromatic heterocycles. The first-order chi connectivity index (χ1) is 4.92. The number of hydrogen-bond donors (Lipinski definition) is 1. The van der Waals surface area contributed by atoms with Gasteiger partial charge in [0.25, 0.3) is 0 Å². The first kappa shape index (κ1) is 10.9. The molecule has 0 aliphatic heterocycles. The highest BCUT2D eigenvalue weighted by Gasteiger charge is 2.23. The smallest absolute Gasteiger partial charge is 0.155 e. The zero-order chi connectivity index (χ0) is 9.07. The van der Waals surface area contributed by atoms with Gasteiger partial charge in [-0.1, -0.05) is 0 Å². The summed E-state index contributed by atoms with van der Waals surface area (Å²) in [6, 6.07) is 0.